The predicted molar refractivity (Wildman–Crippen MR) is 47.4 cm³/mol. The van der Waals surface area contributed by atoms with Gasteiger partial charge in [-0.05, 0) is 12.2 Å². The fourth-order valence-corrected chi connectivity index (χ4v) is 0.807. The summed E-state index contributed by atoms with van der Waals surface area (Å²) >= 11 is 4.65. The highest BCUT2D eigenvalue weighted by Crippen LogP contribution is 2.04. The topological polar surface area (TPSA) is 92.5 Å². The third-order valence-corrected chi connectivity index (χ3v) is 1.53. The van der Waals surface area contributed by atoms with Crippen molar-refractivity contribution in [1.29, 1.82) is 0 Å². The normalized spacial score (nSPS) is 12.4. The van der Waals surface area contributed by atoms with Crippen LogP contribution in [-0.2, 0) is 0 Å². The van der Waals surface area contributed by atoms with E-state index in [1.807, 2.05) is 6.92 Å². The molecule has 1 atom stereocenters. The monoisotopic (exact) mass is 186 g/mol. The van der Waals surface area contributed by atoms with Crippen LogP contribution in [0.25, 0.3) is 0 Å². The molecule has 7 heteroatoms. The third-order valence-electron chi connectivity index (χ3n) is 1.38. The first-order chi connectivity index (χ1) is 5.70. The lowest BCUT2D eigenvalue weighted by molar-refractivity contribution is 0.676. The Morgan fingerprint density at radius 1 is 1.83 bits per heavy atom. The van der Waals surface area contributed by atoms with Crippen molar-refractivity contribution in [2.24, 2.45) is 5.73 Å². The second-order valence-corrected chi connectivity index (χ2v) is 2.86. The molecule has 0 aromatic carbocycles. The Bertz CT molecular complexity index is 244. The molecule has 66 valence electrons. The van der Waals surface area contributed by atoms with Crippen LogP contribution in [0.2, 0.25) is 0 Å². The largest absolute Gasteiger partial charge is 0.376 e. The number of tetrazole rings is 1. The molecule has 0 amide bonds. The van der Waals surface area contributed by atoms with Gasteiger partial charge in [0, 0.05) is 12.5 Å². The average molecular weight is 186 g/mol. The van der Waals surface area contributed by atoms with Gasteiger partial charge in [0.05, 0.1) is 0 Å². The number of aromatic amines is 1. The van der Waals surface area contributed by atoms with E-state index < -0.39 is 0 Å². The molecule has 0 aliphatic rings. The average Bonchev–Trinajstić information content (AvgIpc) is 2.51. The number of nitrogens with two attached hydrogens (primary N) is 1. The predicted octanol–water partition coefficient (Wildman–Crippen LogP) is -0.864. The van der Waals surface area contributed by atoms with Gasteiger partial charge in [-0.1, -0.05) is 12.1 Å². The Morgan fingerprint density at radius 3 is 3.08 bits per heavy atom. The van der Waals surface area contributed by atoms with Crippen LogP contribution in [-0.4, -0.2) is 32.3 Å². The molecule has 0 aliphatic heterocycles. The van der Waals surface area contributed by atoms with E-state index in [1.54, 1.807) is 0 Å². The van der Waals surface area contributed by atoms with Gasteiger partial charge >= 0.3 is 0 Å². The lowest BCUT2D eigenvalue weighted by atomic mass is 10.2. The van der Waals surface area contributed by atoms with Gasteiger partial charge < -0.3 is 11.1 Å². The number of thiocarbonyl (C=S) groups is 1. The van der Waals surface area contributed by atoms with Crippen molar-refractivity contribution in [3.63, 3.8) is 0 Å². The number of hydrogen-bond acceptors (Lipinski definition) is 4. The van der Waals surface area contributed by atoms with E-state index in [9.17, 15) is 0 Å². The van der Waals surface area contributed by atoms with Crippen LogP contribution in [0, 0.1) is 0 Å². The molecule has 1 aromatic heterocycles. The number of nitrogens with zero attached hydrogens (tertiary/aromatic N) is 3. The third kappa shape index (κ3) is 2.42. The Kier molecular flexibility index (Phi) is 2.92. The second-order valence-electron chi connectivity index (χ2n) is 2.42. The standard InChI is InChI=1S/C5H10N6S/c1-3(2-7-5(6)12)4-8-10-11-9-4/h3H,2H2,1H3,(H3,6,7,12)(H,8,9,10,11). The van der Waals surface area contributed by atoms with E-state index in [0.29, 0.717) is 12.4 Å². The maximum absolute atomic E-state index is 5.25. The fourth-order valence-electron chi connectivity index (χ4n) is 0.723. The zero-order chi connectivity index (χ0) is 8.97. The quantitative estimate of drug-likeness (QED) is 0.532. The number of hydrogen-bond donors (Lipinski definition) is 3. The van der Waals surface area contributed by atoms with Gasteiger partial charge in [-0.15, -0.1) is 10.2 Å². The van der Waals surface area contributed by atoms with Crippen molar-refractivity contribution >= 4 is 17.3 Å². The molecule has 0 saturated heterocycles. The first-order valence-electron chi connectivity index (χ1n) is 3.47. The van der Waals surface area contributed by atoms with Crippen LogP contribution in [0.1, 0.15) is 18.7 Å². The Hall–Kier alpha value is -1.24. The number of aromatic nitrogens is 4. The van der Waals surface area contributed by atoms with Crippen molar-refractivity contribution < 1.29 is 0 Å². The molecule has 12 heavy (non-hydrogen) atoms. The molecule has 1 rings (SSSR count). The fraction of sp³-hybridized carbons (Fsp3) is 0.600. The minimum absolute atomic E-state index is 0.144. The van der Waals surface area contributed by atoms with Crippen LogP contribution in [0.3, 0.4) is 0 Å². The molecular formula is C5H10N6S. The summed E-state index contributed by atoms with van der Waals surface area (Å²) in [6.45, 7) is 2.57. The minimum Gasteiger partial charge on any atom is -0.376 e. The van der Waals surface area contributed by atoms with Crippen LogP contribution in [0.4, 0.5) is 0 Å². The van der Waals surface area contributed by atoms with E-state index in [-0.39, 0.29) is 11.0 Å². The zero-order valence-corrected chi connectivity index (χ0v) is 7.43. The van der Waals surface area contributed by atoms with E-state index in [4.69, 9.17) is 5.73 Å². The van der Waals surface area contributed by atoms with E-state index in [0.717, 1.165) is 0 Å². The summed E-state index contributed by atoms with van der Waals surface area (Å²) in [7, 11) is 0. The van der Waals surface area contributed by atoms with Crippen molar-refractivity contribution in [3.05, 3.63) is 5.82 Å². The number of nitrogens with one attached hydrogen (secondary N) is 2. The van der Waals surface area contributed by atoms with Crippen molar-refractivity contribution in [3.8, 4) is 0 Å². The van der Waals surface area contributed by atoms with Crippen LogP contribution in [0.15, 0.2) is 0 Å². The first-order valence-corrected chi connectivity index (χ1v) is 3.87. The van der Waals surface area contributed by atoms with Gasteiger partial charge in [-0.25, -0.2) is 0 Å². The summed E-state index contributed by atoms with van der Waals surface area (Å²) in [4.78, 5) is 0. The van der Waals surface area contributed by atoms with E-state index >= 15 is 0 Å². The van der Waals surface area contributed by atoms with Gasteiger partial charge in [0.2, 0.25) is 0 Å². The lowest BCUT2D eigenvalue weighted by Gasteiger charge is -2.07. The molecule has 4 N–H and O–H groups in total. The minimum atomic E-state index is 0.144. The lowest BCUT2D eigenvalue weighted by Crippen LogP contribution is -2.32. The Labute approximate surface area is 74.9 Å². The summed E-state index contributed by atoms with van der Waals surface area (Å²) in [6, 6.07) is 0. The highest BCUT2D eigenvalue weighted by atomic mass is 32.1. The molecule has 6 nitrogen and oxygen atoms in total. The second kappa shape index (κ2) is 3.96. The summed E-state index contributed by atoms with van der Waals surface area (Å²) in [5.74, 6) is 0.795. The zero-order valence-electron chi connectivity index (χ0n) is 6.61. The highest BCUT2D eigenvalue weighted by molar-refractivity contribution is 7.80. The van der Waals surface area contributed by atoms with Crippen molar-refractivity contribution in [2.45, 2.75) is 12.8 Å². The molecule has 0 saturated carbocycles. The summed E-state index contributed by atoms with van der Waals surface area (Å²) in [5.41, 5.74) is 5.25. The number of rotatable bonds is 3. The molecule has 0 radical (unpaired) electrons. The SMILES string of the molecule is CC(CNC(N)=S)c1nn[nH]n1. The maximum Gasteiger partial charge on any atom is 0.179 e. The van der Waals surface area contributed by atoms with E-state index in [2.05, 4.69) is 38.2 Å². The van der Waals surface area contributed by atoms with Gasteiger partial charge in [0.15, 0.2) is 10.9 Å². The first kappa shape index (κ1) is 8.85. The van der Waals surface area contributed by atoms with Crippen molar-refractivity contribution in [1.82, 2.24) is 25.9 Å². The van der Waals surface area contributed by atoms with Gasteiger partial charge in [0.25, 0.3) is 0 Å². The molecule has 1 unspecified atom stereocenters. The molecular weight excluding hydrogens is 176 g/mol. The number of H-pyrrole nitrogens is 1. The van der Waals surface area contributed by atoms with Gasteiger partial charge in [-0.2, -0.15) is 5.21 Å². The summed E-state index contributed by atoms with van der Waals surface area (Å²) in [5, 5.41) is 16.6. The van der Waals surface area contributed by atoms with Crippen LogP contribution >= 0.6 is 12.2 Å². The highest BCUT2D eigenvalue weighted by Gasteiger charge is 2.09. The molecule has 0 fully saturated rings. The molecule has 1 aromatic rings. The summed E-state index contributed by atoms with van der Waals surface area (Å²) in [6.07, 6.45) is 0. The molecule has 0 aliphatic carbocycles. The smallest absolute Gasteiger partial charge is 0.179 e. The van der Waals surface area contributed by atoms with Crippen LogP contribution < -0.4 is 11.1 Å². The van der Waals surface area contributed by atoms with Gasteiger partial charge in [0.1, 0.15) is 0 Å². The van der Waals surface area contributed by atoms with Crippen LogP contribution in [0.5, 0.6) is 0 Å². The molecule has 1 heterocycles. The molecule has 0 spiro atoms. The van der Waals surface area contributed by atoms with Gasteiger partial charge in [-0.3, -0.25) is 0 Å². The van der Waals surface area contributed by atoms with E-state index in [1.165, 1.54) is 0 Å². The van der Waals surface area contributed by atoms with Crippen molar-refractivity contribution in [2.75, 3.05) is 6.54 Å². The Balaban J connectivity index is 2.39. The molecule has 0 bridgehead atoms. The summed E-state index contributed by atoms with van der Waals surface area (Å²) < 4.78 is 0. The Morgan fingerprint density at radius 2 is 2.58 bits per heavy atom. The maximum atomic E-state index is 5.25.